The highest BCUT2D eigenvalue weighted by Crippen LogP contribution is 2.21. The fourth-order valence-electron chi connectivity index (χ4n) is 1.91. The summed E-state index contributed by atoms with van der Waals surface area (Å²) >= 11 is 1.44. The molecule has 2 amide bonds. The van der Waals surface area contributed by atoms with Crippen molar-refractivity contribution in [3.8, 4) is 5.75 Å². The van der Waals surface area contributed by atoms with Crippen molar-refractivity contribution in [2.75, 3.05) is 18.7 Å². The Kier molecular flexibility index (Phi) is 4.73. The third-order valence-electron chi connectivity index (χ3n) is 3.01. The number of thioether (sulfide) groups is 1. The monoisotopic (exact) mass is 296 g/mol. The van der Waals surface area contributed by atoms with E-state index in [4.69, 9.17) is 9.84 Å². The average Bonchev–Trinajstić information content (AvgIpc) is 2.94. The second kappa shape index (κ2) is 6.51. The molecule has 0 aromatic heterocycles. The number of aliphatic carboxylic acids is 1. The van der Waals surface area contributed by atoms with Gasteiger partial charge in [0.15, 0.2) is 0 Å². The van der Waals surface area contributed by atoms with Gasteiger partial charge >= 0.3 is 12.0 Å². The van der Waals surface area contributed by atoms with Crippen LogP contribution >= 0.6 is 11.8 Å². The number of carbonyl (C=O) groups is 2. The summed E-state index contributed by atoms with van der Waals surface area (Å²) in [5.74, 6) is 0.589. The van der Waals surface area contributed by atoms with Gasteiger partial charge in [-0.05, 0) is 17.7 Å². The number of methoxy groups -OCH3 is 1. The van der Waals surface area contributed by atoms with E-state index >= 15 is 0 Å². The normalized spacial score (nSPS) is 17.9. The maximum Gasteiger partial charge on any atom is 0.327 e. The molecule has 1 fully saturated rings. The zero-order valence-corrected chi connectivity index (χ0v) is 11.9. The van der Waals surface area contributed by atoms with Crippen molar-refractivity contribution in [2.45, 2.75) is 12.6 Å². The van der Waals surface area contributed by atoms with Gasteiger partial charge in [0, 0.05) is 12.3 Å². The molecule has 6 nitrogen and oxygen atoms in total. The number of nitrogens with one attached hydrogen (secondary N) is 1. The second-order valence-electron chi connectivity index (χ2n) is 4.33. The first-order valence-corrected chi connectivity index (χ1v) is 7.25. The van der Waals surface area contributed by atoms with Gasteiger partial charge in [-0.3, -0.25) is 0 Å². The molecule has 0 saturated carbocycles. The molecule has 1 heterocycles. The molecule has 0 bridgehead atoms. The maximum absolute atomic E-state index is 12.0. The van der Waals surface area contributed by atoms with Crippen LogP contribution < -0.4 is 10.1 Å². The molecule has 1 aliphatic rings. The molecule has 2 N–H and O–H groups in total. The van der Waals surface area contributed by atoms with Gasteiger partial charge in [0.25, 0.3) is 0 Å². The number of hydrogen-bond donors (Lipinski definition) is 2. The molecule has 0 spiro atoms. The zero-order chi connectivity index (χ0) is 14.5. The predicted octanol–water partition coefficient (Wildman–Crippen LogP) is 1.36. The van der Waals surface area contributed by atoms with Crippen molar-refractivity contribution in [2.24, 2.45) is 0 Å². The van der Waals surface area contributed by atoms with E-state index < -0.39 is 12.0 Å². The largest absolute Gasteiger partial charge is 0.497 e. The van der Waals surface area contributed by atoms with Crippen LogP contribution in [0.2, 0.25) is 0 Å². The SMILES string of the molecule is COc1cccc(CNC(=O)N2CSCC2C(=O)O)c1. The topological polar surface area (TPSA) is 78.9 Å². The summed E-state index contributed by atoms with van der Waals surface area (Å²) in [5.41, 5.74) is 0.899. The number of rotatable bonds is 4. The van der Waals surface area contributed by atoms with E-state index in [9.17, 15) is 9.59 Å². The van der Waals surface area contributed by atoms with Crippen LogP contribution in [0, 0.1) is 0 Å². The van der Waals surface area contributed by atoms with Gasteiger partial charge in [0.05, 0.1) is 13.0 Å². The summed E-state index contributed by atoms with van der Waals surface area (Å²) in [6.07, 6.45) is 0. The van der Waals surface area contributed by atoms with Crippen molar-refractivity contribution in [1.82, 2.24) is 10.2 Å². The van der Waals surface area contributed by atoms with Gasteiger partial charge in [-0.2, -0.15) is 0 Å². The van der Waals surface area contributed by atoms with Crippen LogP contribution in [0.25, 0.3) is 0 Å². The van der Waals surface area contributed by atoms with E-state index in [1.54, 1.807) is 7.11 Å². The lowest BCUT2D eigenvalue weighted by Crippen LogP contribution is -2.46. The van der Waals surface area contributed by atoms with Crippen LogP contribution in [0.1, 0.15) is 5.56 Å². The number of amides is 2. The van der Waals surface area contributed by atoms with Crippen molar-refractivity contribution in [3.05, 3.63) is 29.8 Å². The first-order valence-electron chi connectivity index (χ1n) is 6.10. The molecule has 20 heavy (non-hydrogen) atoms. The van der Waals surface area contributed by atoms with Crippen LogP contribution in [-0.2, 0) is 11.3 Å². The molecule has 1 atom stereocenters. The summed E-state index contributed by atoms with van der Waals surface area (Å²) in [6.45, 7) is 0.337. The molecule has 1 aromatic rings. The van der Waals surface area contributed by atoms with Crippen LogP contribution in [0.5, 0.6) is 5.75 Å². The minimum Gasteiger partial charge on any atom is -0.497 e. The number of carboxylic acids is 1. The molecule has 2 rings (SSSR count). The summed E-state index contributed by atoms with van der Waals surface area (Å²) in [6, 6.07) is 6.26. The third kappa shape index (κ3) is 3.36. The van der Waals surface area contributed by atoms with Crippen LogP contribution in [0.15, 0.2) is 24.3 Å². The second-order valence-corrected chi connectivity index (χ2v) is 5.33. The number of ether oxygens (including phenoxy) is 1. The minimum atomic E-state index is -0.966. The number of hydrogen-bond acceptors (Lipinski definition) is 4. The van der Waals surface area contributed by atoms with Gasteiger partial charge < -0.3 is 20.1 Å². The van der Waals surface area contributed by atoms with Gasteiger partial charge in [-0.15, -0.1) is 11.8 Å². The molecule has 1 aromatic carbocycles. The highest BCUT2D eigenvalue weighted by atomic mass is 32.2. The summed E-state index contributed by atoms with van der Waals surface area (Å²) in [7, 11) is 1.58. The molecule has 1 saturated heterocycles. The Balaban J connectivity index is 1.93. The van der Waals surface area contributed by atoms with E-state index in [-0.39, 0.29) is 6.03 Å². The summed E-state index contributed by atoms with van der Waals surface area (Å²) in [5, 5.41) is 11.8. The fourth-order valence-corrected chi connectivity index (χ4v) is 3.05. The van der Waals surface area contributed by atoms with E-state index in [1.165, 1.54) is 16.7 Å². The van der Waals surface area contributed by atoms with Crippen molar-refractivity contribution >= 4 is 23.8 Å². The number of urea groups is 1. The lowest BCUT2D eigenvalue weighted by molar-refractivity contribution is -0.140. The first-order chi connectivity index (χ1) is 9.61. The Morgan fingerprint density at radius 1 is 1.55 bits per heavy atom. The Bertz CT molecular complexity index is 509. The summed E-state index contributed by atoms with van der Waals surface area (Å²) < 4.78 is 5.11. The number of carbonyl (C=O) groups excluding carboxylic acids is 1. The molecule has 108 valence electrons. The van der Waals surface area contributed by atoms with E-state index in [2.05, 4.69) is 5.32 Å². The molecule has 7 heteroatoms. The molecule has 0 aliphatic carbocycles. The third-order valence-corrected chi connectivity index (χ3v) is 4.02. The highest BCUT2D eigenvalue weighted by molar-refractivity contribution is 7.99. The highest BCUT2D eigenvalue weighted by Gasteiger charge is 2.34. The molecular formula is C13H16N2O4S. The van der Waals surface area contributed by atoms with Crippen molar-refractivity contribution in [1.29, 1.82) is 0 Å². The predicted molar refractivity (Wildman–Crippen MR) is 75.8 cm³/mol. The zero-order valence-electron chi connectivity index (χ0n) is 11.0. The first kappa shape index (κ1) is 14.5. The standard InChI is InChI=1S/C13H16N2O4S/c1-19-10-4-2-3-9(5-10)6-14-13(18)15-8-20-7-11(15)12(16)17/h2-5,11H,6-8H2,1H3,(H,14,18)(H,16,17). The lowest BCUT2D eigenvalue weighted by Gasteiger charge is -2.20. The molecule has 1 unspecified atom stereocenters. The maximum atomic E-state index is 12.0. The minimum absolute atomic E-state index is 0.337. The van der Waals surface area contributed by atoms with Gasteiger partial charge in [-0.25, -0.2) is 9.59 Å². The van der Waals surface area contributed by atoms with Crippen LogP contribution in [0.4, 0.5) is 4.79 Å². The number of benzene rings is 1. The molecule has 0 radical (unpaired) electrons. The Hall–Kier alpha value is -1.89. The Morgan fingerprint density at radius 3 is 3.05 bits per heavy atom. The van der Waals surface area contributed by atoms with E-state index in [1.807, 2.05) is 24.3 Å². The lowest BCUT2D eigenvalue weighted by atomic mass is 10.2. The van der Waals surface area contributed by atoms with Crippen molar-refractivity contribution in [3.63, 3.8) is 0 Å². The molecule has 1 aliphatic heterocycles. The van der Waals surface area contributed by atoms with Crippen LogP contribution in [0.3, 0.4) is 0 Å². The van der Waals surface area contributed by atoms with E-state index in [0.717, 1.165) is 11.3 Å². The number of carboxylic acid groups (broad SMARTS) is 1. The Morgan fingerprint density at radius 2 is 2.35 bits per heavy atom. The van der Waals surface area contributed by atoms with Gasteiger partial charge in [0.2, 0.25) is 0 Å². The molecular weight excluding hydrogens is 280 g/mol. The fraction of sp³-hybridized carbons (Fsp3) is 0.385. The van der Waals surface area contributed by atoms with E-state index in [0.29, 0.717) is 18.2 Å². The van der Waals surface area contributed by atoms with Gasteiger partial charge in [0.1, 0.15) is 11.8 Å². The smallest absolute Gasteiger partial charge is 0.327 e. The summed E-state index contributed by atoms with van der Waals surface area (Å²) in [4.78, 5) is 24.4. The van der Waals surface area contributed by atoms with Gasteiger partial charge in [-0.1, -0.05) is 12.1 Å². The Labute approximate surface area is 121 Å². The average molecular weight is 296 g/mol. The van der Waals surface area contributed by atoms with Crippen LogP contribution in [-0.4, -0.2) is 46.8 Å². The quantitative estimate of drug-likeness (QED) is 0.877. The van der Waals surface area contributed by atoms with Crippen molar-refractivity contribution < 1.29 is 19.4 Å². The number of nitrogens with zero attached hydrogens (tertiary/aromatic N) is 1.